The van der Waals surface area contributed by atoms with Crippen LogP contribution in [0.25, 0.3) is 0 Å². The minimum Gasteiger partial charge on any atom is -0.478 e. The highest BCUT2D eigenvalue weighted by atomic mass is 16.5. The van der Waals surface area contributed by atoms with E-state index in [1.54, 1.807) is 0 Å². The van der Waals surface area contributed by atoms with Gasteiger partial charge in [0.25, 0.3) is 5.89 Å². The maximum atomic E-state index is 5.83. The van der Waals surface area contributed by atoms with Gasteiger partial charge in [-0.25, -0.2) is 0 Å². The van der Waals surface area contributed by atoms with Crippen LogP contribution in [0.5, 0.6) is 5.75 Å². The first-order valence-corrected chi connectivity index (χ1v) is 5.32. The molecule has 0 aliphatic carbocycles. The second-order valence-electron chi connectivity index (χ2n) is 4.37. The largest absolute Gasteiger partial charge is 0.478 e. The molecule has 5 heteroatoms. The molecule has 17 heavy (non-hydrogen) atoms. The second-order valence-corrected chi connectivity index (χ2v) is 4.37. The van der Waals surface area contributed by atoms with Crippen LogP contribution in [0.15, 0.2) is 28.7 Å². The Labute approximate surface area is 99.6 Å². The van der Waals surface area contributed by atoms with Crippen molar-refractivity contribution in [1.29, 1.82) is 0 Å². The van der Waals surface area contributed by atoms with Gasteiger partial charge in [0.05, 0.1) is 0 Å². The lowest BCUT2D eigenvalue weighted by Gasteiger charge is -2.22. The summed E-state index contributed by atoms with van der Waals surface area (Å²) in [4.78, 5) is 0. The predicted octanol–water partition coefficient (Wildman–Crippen LogP) is 2.27. The quantitative estimate of drug-likeness (QED) is 0.880. The van der Waals surface area contributed by atoms with Crippen molar-refractivity contribution in [2.75, 3.05) is 5.73 Å². The van der Waals surface area contributed by atoms with Crippen LogP contribution in [0, 0.1) is 6.92 Å². The number of ether oxygens (including phenoxy) is 1. The second kappa shape index (κ2) is 4.08. The third kappa shape index (κ3) is 2.55. The molecule has 0 aliphatic heterocycles. The van der Waals surface area contributed by atoms with Gasteiger partial charge in [-0.05, 0) is 38.5 Å². The SMILES string of the molecule is Cc1cccc(OC(C)(C)c2nnc(N)o2)c1. The standard InChI is InChI=1S/C12H15N3O2/c1-8-5-4-6-9(7-8)17-12(2,3)10-14-15-11(13)16-10/h4-7H,1-3H3,(H2,13,15). The van der Waals surface area contributed by atoms with E-state index >= 15 is 0 Å². The van der Waals surface area contributed by atoms with E-state index in [1.165, 1.54) is 0 Å². The third-order valence-electron chi connectivity index (χ3n) is 2.32. The number of nitrogens with two attached hydrogens (primary N) is 1. The number of benzene rings is 1. The first kappa shape index (κ1) is 11.4. The van der Waals surface area contributed by atoms with E-state index in [9.17, 15) is 0 Å². The lowest BCUT2D eigenvalue weighted by Crippen LogP contribution is -2.25. The molecule has 0 unspecified atom stereocenters. The molecule has 0 aliphatic rings. The van der Waals surface area contributed by atoms with Crippen LogP contribution < -0.4 is 10.5 Å². The van der Waals surface area contributed by atoms with Crippen molar-refractivity contribution in [3.05, 3.63) is 35.7 Å². The molecule has 0 spiro atoms. The monoisotopic (exact) mass is 233 g/mol. The van der Waals surface area contributed by atoms with Crippen molar-refractivity contribution in [2.24, 2.45) is 0 Å². The Hall–Kier alpha value is -2.04. The van der Waals surface area contributed by atoms with Crippen molar-refractivity contribution in [3.8, 4) is 5.75 Å². The fourth-order valence-electron chi connectivity index (χ4n) is 1.49. The van der Waals surface area contributed by atoms with Gasteiger partial charge in [-0.1, -0.05) is 17.2 Å². The van der Waals surface area contributed by atoms with E-state index < -0.39 is 5.60 Å². The van der Waals surface area contributed by atoms with E-state index in [0.29, 0.717) is 5.89 Å². The molecule has 2 aromatic rings. The average molecular weight is 233 g/mol. The minimum absolute atomic E-state index is 0.0425. The van der Waals surface area contributed by atoms with E-state index in [1.807, 2.05) is 45.0 Å². The lowest BCUT2D eigenvalue weighted by molar-refractivity contribution is 0.0772. The first-order valence-electron chi connectivity index (χ1n) is 5.32. The van der Waals surface area contributed by atoms with E-state index in [2.05, 4.69) is 10.2 Å². The van der Waals surface area contributed by atoms with Crippen LogP contribution in [0.3, 0.4) is 0 Å². The fraction of sp³-hybridized carbons (Fsp3) is 0.333. The predicted molar refractivity (Wildman–Crippen MR) is 63.5 cm³/mol. The Kier molecular flexibility index (Phi) is 2.75. The Morgan fingerprint density at radius 1 is 1.29 bits per heavy atom. The van der Waals surface area contributed by atoms with Crippen LogP contribution in [-0.4, -0.2) is 10.2 Å². The number of hydrogen-bond donors (Lipinski definition) is 1. The Morgan fingerprint density at radius 3 is 2.65 bits per heavy atom. The minimum atomic E-state index is -0.710. The summed E-state index contributed by atoms with van der Waals surface area (Å²) in [6.07, 6.45) is 0. The molecule has 2 N–H and O–H groups in total. The van der Waals surface area contributed by atoms with Crippen LogP contribution >= 0.6 is 0 Å². The lowest BCUT2D eigenvalue weighted by atomic mass is 10.1. The van der Waals surface area contributed by atoms with Crippen molar-refractivity contribution in [2.45, 2.75) is 26.4 Å². The Bertz CT molecular complexity index is 520. The maximum absolute atomic E-state index is 5.83. The molecule has 1 aromatic heterocycles. The van der Waals surface area contributed by atoms with Gasteiger partial charge in [0.2, 0.25) is 0 Å². The normalized spacial score (nSPS) is 11.5. The summed E-state index contributed by atoms with van der Waals surface area (Å²) < 4.78 is 11.0. The number of rotatable bonds is 3. The van der Waals surface area contributed by atoms with Gasteiger partial charge < -0.3 is 14.9 Å². The number of nitrogens with zero attached hydrogens (tertiary/aromatic N) is 2. The molecule has 0 fully saturated rings. The maximum Gasteiger partial charge on any atom is 0.312 e. The van der Waals surface area contributed by atoms with Crippen LogP contribution in [0.1, 0.15) is 25.3 Å². The highest BCUT2D eigenvalue weighted by Gasteiger charge is 2.29. The Balaban J connectivity index is 2.22. The highest BCUT2D eigenvalue weighted by Crippen LogP contribution is 2.27. The molecule has 1 heterocycles. The van der Waals surface area contributed by atoms with Gasteiger partial charge in [-0.3, -0.25) is 0 Å². The van der Waals surface area contributed by atoms with Gasteiger partial charge in [0, 0.05) is 0 Å². The van der Waals surface area contributed by atoms with E-state index in [4.69, 9.17) is 14.9 Å². The molecule has 5 nitrogen and oxygen atoms in total. The van der Waals surface area contributed by atoms with Crippen LogP contribution in [-0.2, 0) is 5.60 Å². The number of nitrogen functional groups attached to an aromatic ring is 1. The van der Waals surface area contributed by atoms with E-state index in [0.717, 1.165) is 11.3 Å². The van der Waals surface area contributed by atoms with Gasteiger partial charge in [-0.15, -0.1) is 5.10 Å². The topological polar surface area (TPSA) is 74.2 Å². The number of aromatic nitrogens is 2. The van der Waals surface area contributed by atoms with Gasteiger partial charge in [0.1, 0.15) is 5.75 Å². The molecule has 0 saturated carbocycles. The van der Waals surface area contributed by atoms with Crippen molar-refractivity contribution < 1.29 is 9.15 Å². The summed E-state index contributed by atoms with van der Waals surface area (Å²) in [6.45, 7) is 5.70. The average Bonchev–Trinajstić information content (AvgIpc) is 2.65. The molecule has 0 amide bonds. The number of anilines is 1. The van der Waals surface area contributed by atoms with Crippen LogP contribution in [0.4, 0.5) is 6.01 Å². The zero-order valence-electron chi connectivity index (χ0n) is 10.1. The van der Waals surface area contributed by atoms with E-state index in [-0.39, 0.29) is 6.01 Å². The summed E-state index contributed by atoms with van der Waals surface area (Å²) in [5.74, 6) is 1.11. The summed E-state index contributed by atoms with van der Waals surface area (Å²) >= 11 is 0. The molecule has 2 rings (SSSR count). The van der Waals surface area contributed by atoms with Crippen molar-refractivity contribution in [3.63, 3.8) is 0 Å². The number of hydrogen-bond acceptors (Lipinski definition) is 5. The van der Waals surface area contributed by atoms with Crippen molar-refractivity contribution in [1.82, 2.24) is 10.2 Å². The molecule has 1 aromatic carbocycles. The molecule has 0 saturated heterocycles. The molecule has 90 valence electrons. The first-order chi connectivity index (χ1) is 7.97. The van der Waals surface area contributed by atoms with Crippen LogP contribution in [0.2, 0.25) is 0 Å². The molecular formula is C12H15N3O2. The Morgan fingerprint density at radius 2 is 2.06 bits per heavy atom. The van der Waals surface area contributed by atoms with Gasteiger partial charge in [0.15, 0.2) is 5.60 Å². The summed E-state index contributed by atoms with van der Waals surface area (Å²) in [7, 11) is 0. The molecule has 0 atom stereocenters. The van der Waals surface area contributed by atoms with Crippen molar-refractivity contribution >= 4 is 6.01 Å². The smallest absolute Gasteiger partial charge is 0.312 e. The molecule has 0 bridgehead atoms. The molecular weight excluding hydrogens is 218 g/mol. The van der Waals surface area contributed by atoms with Gasteiger partial charge >= 0.3 is 6.01 Å². The zero-order valence-corrected chi connectivity index (χ0v) is 10.1. The molecule has 0 radical (unpaired) electrons. The summed E-state index contributed by atoms with van der Waals surface area (Å²) in [5.41, 5.74) is 5.82. The third-order valence-corrected chi connectivity index (χ3v) is 2.32. The fourth-order valence-corrected chi connectivity index (χ4v) is 1.49. The summed E-state index contributed by atoms with van der Waals surface area (Å²) in [6, 6.07) is 7.81. The zero-order chi connectivity index (χ0) is 12.5. The summed E-state index contributed by atoms with van der Waals surface area (Å²) in [5, 5.41) is 7.46. The highest BCUT2D eigenvalue weighted by molar-refractivity contribution is 5.28. The number of aryl methyl sites for hydroxylation is 1. The van der Waals surface area contributed by atoms with Gasteiger partial charge in [-0.2, -0.15) is 0 Å².